The highest BCUT2D eigenvalue weighted by Gasteiger charge is 2.57. The molecule has 17 heavy (non-hydrogen) atoms. The summed E-state index contributed by atoms with van der Waals surface area (Å²) in [6.07, 6.45) is 5.42. The van der Waals surface area contributed by atoms with Gasteiger partial charge in [0, 0.05) is 19.4 Å². The van der Waals surface area contributed by atoms with Crippen LogP contribution in [0.2, 0.25) is 0 Å². The molecule has 0 unspecified atom stereocenters. The van der Waals surface area contributed by atoms with Gasteiger partial charge in [-0.15, -0.1) is 12.3 Å². The molecule has 1 aliphatic carbocycles. The minimum atomic E-state index is -1.33. The van der Waals surface area contributed by atoms with Crippen molar-refractivity contribution in [2.75, 3.05) is 21.3 Å². The minimum absolute atomic E-state index is 0.192. The topological polar surface area (TPSA) is 61.8 Å². The van der Waals surface area contributed by atoms with E-state index in [1.807, 2.05) is 0 Å². The summed E-state index contributed by atoms with van der Waals surface area (Å²) < 4.78 is 14.6. The van der Waals surface area contributed by atoms with Crippen LogP contribution in [0.25, 0.3) is 0 Å². The molecular weight excluding hydrogens is 224 g/mol. The van der Waals surface area contributed by atoms with Gasteiger partial charge in [-0.05, 0) is 6.42 Å². The Kier molecular flexibility index (Phi) is 4.13. The molecule has 5 heteroatoms. The summed E-state index contributed by atoms with van der Waals surface area (Å²) in [5, 5.41) is 0. The summed E-state index contributed by atoms with van der Waals surface area (Å²) in [4.78, 5) is 23.6. The van der Waals surface area contributed by atoms with Gasteiger partial charge in [0.05, 0.1) is 20.3 Å². The fourth-order valence-corrected chi connectivity index (χ4v) is 2.30. The highest BCUT2D eigenvalue weighted by Crippen LogP contribution is 2.44. The lowest BCUT2D eigenvalue weighted by atomic mass is 9.85. The van der Waals surface area contributed by atoms with E-state index in [1.165, 1.54) is 21.3 Å². The first kappa shape index (κ1) is 13.5. The smallest absolute Gasteiger partial charge is 0.323 e. The first-order valence-corrected chi connectivity index (χ1v) is 5.21. The van der Waals surface area contributed by atoms with E-state index < -0.39 is 17.4 Å². The Morgan fingerprint density at radius 2 is 1.71 bits per heavy atom. The number of carbonyl (C=O) groups is 2. The summed E-state index contributed by atoms with van der Waals surface area (Å²) in [5.74, 6) is 1.00. The van der Waals surface area contributed by atoms with Gasteiger partial charge in [-0.2, -0.15) is 0 Å². The van der Waals surface area contributed by atoms with Crippen molar-refractivity contribution in [1.29, 1.82) is 0 Å². The maximum absolute atomic E-state index is 11.8. The van der Waals surface area contributed by atoms with E-state index in [-0.39, 0.29) is 24.9 Å². The summed E-state index contributed by atoms with van der Waals surface area (Å²) in [6, 6.07) is 0. The van der Waals surface area contributed by atoms with E-state index in [0.29, 0.717) is 0 Å². The molecule has 1 rings (SSSR count). The zero-order valence-corrected chi connectivity index (χ0v) is 10.2. The van der Waals surface area contributed by atoms with E-state index in [1.54, 1.807) is 0 Å². The van der Waals surface area contributed by atoms with Crippen LogP contribution >= 0.6 is 0 Å². The average molecular weight is 240 g/mol. The average Bonchev–Trinajstić information content (AvgIpc) is 2.76. The molecule has 0 saturated heterocycles. The monoisotopic (exact) mass is 240 g/mol. The molecule has 0 amide bonds. The van der Waals surface area contributed by atoms with Crippen molar-refractivity contribution in [3.63, 3.8) is 0 Å². The lowest BCUT2D eigenvalue weighted by molar-refractivity contribution is -0.169. The van der Waals surface area contributed by atoms with Gasteiger partial charge in [0.15, 0.2) is 5.41 Å². The quantitative estimate of drug-likeness (QED) is 0.405. The maximum Gasteiger partial charge on any atom is 0.323 e. The summed E-state index contributed by atoms with van der Waals surface area (Å²) in [7, 11) is 3.97. The Labute approximate surface area is 100 Å². The number of ether oxygens (including phenoxy) is 3. The molecule has 0 aromatic carbocycles. The molecular formula is C12H16O5. The molecule has 0 radical (unpaired) electrons. The van der Waals surface area contributed by atoms with Crippen molar-refractivity contribution < 1.29 is 23.8 Å². The third-order valence-electron chi connectivity index (χ3n) is 3.24. The van der Waals surface area contributed by atoms with Crippen LogP contribution in [0.4, 0.5) is 0 Å². The molecule has 0 heterocycles. The molecule has 0 aliphatic heterocycles. The van der Waals surface area contributed by atoms with Crippen molar-refractivity contribution in [2.24, 2.45) is 11.3 Å². The SMILES string of the molecule is C#C[C@@H]1CC(C(=O)OC)(C(=O)OC)C[C@@H]1OC. The predicted octanol–water partition coefficient (Wildman–Crippen LogP) is 0.377. The Morgan fingerprint density at radius 1 is 1.18 bits per heavy atom. The number of methoxy groups -OCH3 is 3. The fraction of sp³-hybridized carbons (Fsp3) is 0.667. The third kappa shape index (κ3) is 2.13. The Balaban J connectivity index is 3.08. The third-order valence-corrected chi connectivity index (χ3v) is 3.24. The van der Waals surface area contributed by atoms with Crippen LogP contribution in [-0.4, -0.2) is 39.4 Å². The molecule has 2 atom stereocenters. The van der Waals surface area contributed by atoms with Crippen molar-refractivity contribution >= 4 is 11.9 Å². The van der Waals surface area contributed by atoms with E-state index >= 15 is 0 Å². The summed E-state index contributed by atoms with van der Waals surface area (Å²) in [6.45, 7) is 0. The minimum Gasteiger partial charge on any atom is -0.468 e. The second kappa shape index (κ2) is 5.19. The van der Waals surface area contributed by atoms with Crippen molar-refractivity contribution in [3.05, 3.63) is 0 Å². The van der Waals surface area contributed by atoms with Gasteiger partial charge < -0.3 is 14.2 Å². The Morgan fingerprint density at radius 3 is 2.00 bits per heavy atom. The zero-order chi connectivity index (χ0) is 13.1. The van der Waals surface area contributed by atoms with Gasteiger partial charge in [0.2, 0.25) is 0 Å². The van der Waals surface area contributed by atoms with Crippen LogP contribution < -0.4 is 0 Å². The number of terminal acetylenes is 1. The van der Waals surface area contributed by atoms with Crippen molar-refractivity contribution in [2.45, 2.75) is 18.9 Å². The molecule has 1 fully saturated rings. The van der Waals surface area contributed by atoms with E-state index in [9.17, 15) is 9.59 Å². The molecule has 0 aromatic heterocycles. The van der Waals surface area contributed by atoms with Gasteiger partial charge in [-0.1, -0.05) is 0 Å². The van der Waals surface area contributed by atoms with E-state index in [2.05, 4.69) is 15.4 Å². The molecule has 94 valence electrons. The number of hydrogen-bond donors (Lipinski definition) is 0. The molecule has 0 aromatic rings. The standard InChI is InChI=1S/C12H16O5/c1-5-8-6-12(10(13)16-3,11(14)17-4)7-9(8)15-2/h1,8-9H,6-7H2,2-4H3/t8-,9+/m1/s1. The van der Waals surface area contributed by atoms with E-state index in [0.717, 1.165) is 0 Å². The first-order chi connectivity index (χ1) is 8.05. The van der Waals surface area contributed by atoms with Crippen LogP contribution in [0.1, 0.15) is 12.8 Å². The van der Waals surface area contributed by atoms with Gasteiger partial charge in [0.25, 0.3) is 0 Å². The number of rotatable bonds is 3. The largest absolute Gasteiger partial charge is 0.468 e. The fourth-order valence-electron chi connectivity index (χ4n) is 2.30. The maximum atomic E-state index is 11.8. The summed E-state index contributed by atoms with van der Waals surface area (Å²) >= 11 is 0. The molecule has 0 N–H and O–H groups in total. The van der Waals surface area contributed by atoms with Crippen molar-refractivity contribution in [3.8, 4) is 12.3 Å². The van der Waals surface area contributed by atoms with Crippen LogP contribution in [0.5, 0.6) is 0 Å². The van der Waals surface area contributed by atoms with Gasteiger partial charge in [0.1, 0.15) is 0 Å². The number of hydrogen-bond acceptors (Lipinski definition) is 5. The molecule has 1 aliphatic rings. The van der Waals surface area contributed by atoms with Gasteiger partial charge >= 0.3 is 11.9 Å². The van der Waals surface area contributed by atoms with Crippen LogP contribution in [0.3, 0.4) is 0 Å². The lowest BCUT2D eigenvalue weighted by Gasteiger charge is -2.22. The highest BCUT2D eigenvalue weighted by atomic mass is 16.5. The zero-order valence-electron chi connectivity index (χ0n) is 10.2. The number of esters is 2. The normalized spacial score (nSPS) is 26.0. The lowest BCUT2D eigenvalue weighted by Crippen LogP contribution is -2.39. The Bertz CT molecular complexity index is 338. The number of carbonyl (C=O) groups excluding carboxylic acids is 2. The summed E-state index contributed by atoms with van der Waals surface area (Å²) in [5.41, 5.74) is -1.33. The van der Waals surface area contributed by atoms with Gasteiger partial charge in [-0.3, -0.25) is 9.59 Å². The van der Waals surface area contributed by atoms with Crippen LogP contribution in [-0.2, 0) is 23.8 Å². The van der Waals surface area contributed by atoms with Crippen LogP contribution in [0, 0.1) is 23.7 Å². The highest BCUT2D eigenvalue weighted by molar-refractivity contribution is 6.00. The first-order valence-electron chi connectivity index (χ1n) is 5.21. The van der Waals surface area contributed by atoms with Crippen molar-refractivity contribution in [1.82, 2.24) is 0 Å². The van der Waals surface area contributed by atoms with Crippen LogP contribution in [0.15, 0.2) is 0 Å². The molecule has 5 nitrogen and oxygen atoms in total. The molecule has 1 saturated carbocycles. The van der Waals surface area contributed by atoms with Gasteiger partial charge in [-0.25, -0.2) is 0 Å². The predicted molar refractivity (Wildman–Crippen MR) is 58.8 cm³/mol. The second-order valence-electron chi connectivity index (χ2n) is 4.02. The molecule has 0 spiro atoms. The van der Waals surface area contributed by atoms with E-state index in [4.69, 9.17) is 11.2 Å². The molecule has 0 bridgehead atoms. The Hall–Kier alpha value is -1.54. The second-order valence-corrected chi connectivity index (χ2v) is 4.02.